The molecule has 0 aliphatic heterocycles. The Bertz CT molecular complexity index is 712. The summed E-state index contributed by atoms with van der Waals surface area (Å²) in [6.45, 7) is 0. The molecule has 3 rings (SSSR count). The average Bonchev–Trinajstić information content (AvgIpc) is 2.77. The van der Waals surface area contributed by atoms with Crippen LogP contribution in [0, 0.1) is 0 Å². The van der Waals surface area contributed by atoms with Crippen LogP contribution in [0.3, 0.4) is 0 Å². The highest BCUT2D eigenvalue weighted by Gasteiger charge is 2.16. The van der Waals surface area contributed by atoms with Gasteiger partial charge in [-0.2, -0.15) is 0 Å². The second-order valence-corrected chi connectivity index (χ2v) is 5.35. The molecule has 4 nitrogen and oxygen atoms in total. The number of aliphatic hydroxyl groups is 1. The minimum Gasteiger partial charge on any atom is -0.478 e. The summed E-state index contributed by atoms with van der Waals surface area (Å²) in [5.41, 5.74) is 3.60. The van der Waals surface area contributed by atoms with E-state index in [2.05, 4.69) is 6.08 Å². The largest absolute Gasteiger partial charge is 0.478 e. The van der Waals surface area contributed by atoms with Crippen LogP contribution in [0.1, 0.15) is 35.2 Å². The fourth-order valence-electron chi connectivity index (χ4n) is 2.84. The van der Waals surface area contributed by atoms with Gasteiger partial charge in [0, 0.05) is 24.1 Å². The van der Waals surface area contributed by atoms with Crippen LogP contribution in [0.25, 0.3) is 16.5 Å². The summed E-state index contributed by atoms with van der Waals surface area (Å²) < 4.78 is 1.85. The standard InChI is InChI=1S/C16H17NO3/c1-17-9-14(16(19)20)13-7-4-11(8-15(13)17)10-2-5-12(18)6-3-10/h2,4,7-9,12,18H,3,5-6H2,1H3,(H,19,20). The highest BCUT2D eigenvalue weighted by Crippen LogP contribution is 2.30. The van der Waals surface area contributed by atoms with Crippen molar-refractivity contribution in [1.29, 1.82) is 0 Å². The molecule has 104 valence electrons. The lowest BCUT2D eigenvalue weighted by atomic mass is 9.91. The second-order valence-electron chi connectivity index (χ2n) is 5.35. The average molecular weight is 271 g/mol. The predicted molar refractivity (Wildman–Crippen MR) is 77.7 cm³/mol. The molecule has 1 unspecified atom stereocenters. The number of carboxylic acid groups (broad SMARTS) is 1. The Morgan fingerprint density at radius 3 is 2.85 bits per heavy atom. The lowest BCUT2D eigenvalue weighted by molar-refractivity contribution is 0.0699. The number of carbonyl (C=O) groups is 1. The number of nitrogens with zero attached hydrogens (tertiary/aromatic N) is 1. The van der Waals surface area contributed by atoms with Crippen molar-refractivity contribution in [2.75, 3.05) is 0 Å². The van der Waals surface area contributed by atoms with Crippen molar-refractivity contribution in [3.05, 3.63) is 41.6 Å². The molecule has 1 aromatic heterocycles. The van der Waals surface area contributed by atoms with E-state index in [0.29, 0.717) is 12.0 Å². The van der Waals surface area contributed by atoms with Crippen molar-refractivity contribution in [2.24, 2.45) is 7.05 Å². The summed E-state index contributed by atoms with van der Waals surface area (Å²) in [6.07, 6.45) is 5.85. The second kappa shape index (κ2) is 4.80. The van der Waals surface area contributed by atoms with Gasteiger partial charge >= 0.3 is 5.97 Å². The first-order valence-corrected chi connectivity index (χ1v) is 6.76. The zero-order valence-electron chi connectivity index (χ0n) is 11.3. The maximum atomic E-state index is 11.2. The first-order valence-electron chi connectivity index (χ1n) is 6.76. The first-order chi connectivity index (χ1) is 9.56. The molecule has 1 aromatic carbocycles. The number of fused-ring (bicyclic) bond motifs is 1. The number of aliphatic hydroxyl groups excluding tert-OH is 1. The van der Waals surface area contributed by atoms with Gasteiger partial charge < -0.3 is 14.8 Å². The van der Waals surface area contributed by atoms with E-state index in [0.717, 1.165) is 29.3 Å². The Balaban J connectivity index is 2.08. The van der Waals surface area contributed by atoms with E-state index in [1.165, 1.54) is 5.57 Å². The van der Waals surface area contributed by atoms with E-state index in [9.17, 15) is 15.0 Å². The van der Waals surface area contributed by atoms with E-state index in [1.54, 1.807) is 6.20 Å². The van der Waals surface area contributed by atoms with Gasteiger partial charge in [-0.3, -0.25) is 0 Å². The lowest BCUT2D eigenvalue weighted by Crippen LogP contribution is -2.09. The van der Waals surface area contributed by atoms with Gasteiger partial charge in [0.15, 0.2) is 0 Å². The topological polar surface area (TPSA) is 62.5 Å². The van der Waals surface area contributed by atoms with Crippen molar-refractivity contribution in [3.63, 3.8) is 0 Å². The molecule has 2 aromatic rings. The smallest absolute Gasteiger partial charge is 0.337 e. The van der Waals surface area contributed by atoms with Crippen LogP contribution < -0.4 is 0 Å². The zero-order valence-corrected chi connectivity index (χ0v) is 11.3. The molecule has 0 amide bonds. The third kappa shape index (κ3) is 2.12. The molecule has 1 aliphatic rings. The SMILES string of the molecule is Cn1cc(C(=O)O)c2ccc(C3=CCC(O)CC3)cc21. The minimum atomic E-state index is -0.900. The van der Waals surface area contributed by atoms with Crippen molar-refractivity contribution < 1.29 is 15.0 Å². The molecule has 20 heavy (non-hydrogen) atoms. The molecule has 0 fully saturated rings. The number of allylic oxidation sites excluding steroid dienone is 1. The Labute approximate surface area is 117 Å². The van der Waals surface area contributed by atoms with Gasteiger partial charge in [0.2, 0.25) is 0 Å². The van der Waals surface area contributed by atoms with Gasteiger partial charge in [-0.15, -0.1) is 0 Å². The molecular weight excluding hydrogens is 254 g/mol. The number of aromatic nitrogens is 1. The fraction of sp³-hybridized carbons (Fsp3) is 0.312. The Morgan fingerprint density at radius 1 is 1.40 bits per heavy atom. The van der Waals surface area contributed by atoms with E-state index in [4.69, 9.17) is 0 Å². The van der Waals surface area contributed by atoms with Crippen molar-refractivity contribution in [1.82, 2.24) is 4.57 Å². The molecule has 4 heteroatoms. The van der Waals surface area contributed by atoms with Gasteiger partial charge in [-0.1, -0.05) is 18.2 Å². The summed E-state index contributed by atoms with van der Waals surface area (Å²) in [5, 5.41) is 19.5. The molecule has 0 spiro atoms. The number of benzene rings is 1. The highest BCUT2D eigenvalue weighted by atomic mass is 16.4. The van der Waals surface area contributed by atoms with Crippen LogP contribution in [0.2, 0.25) is 0 Å². The number of aromatic carboxylic acids is 1. The molecule has 0 saturated heterocycles. The Kier molecular flexibility index (Phi) is 3.10. The van der Waals surface area contributed by atoms with Crippen molar-refractivity contribution in [3.8, 4) is 0 Å². The van der Waals surface area contributed by atoms with E-state index < -0.39 is 5.97 Å². The van der Waals surface area contributed by atoms with Crippen LogP contribution in [0.4, 0.5) is 0 Å². The third-order valence-corrected chi connectivity index (χ3v) is 3.98. The van der Waals surface area contributed by atoms with Gasteiger partial charge in [-0.25, -0.2) is 4.79 Å². The molecule has 1 atom stereocenters. The number of hydrogen-bond acceptors (Lipinski definition) is 2. The van der Waals surface area contributed by atoms with Gasteiger partial charge in [0.1, 0.15) is 0 Å². The van der Waals surface area contributed by atoms with Gasteiger partial charge in [-0.05, 0) is 36.5 Å². The lowest BCUT2D eigenvalue weighted by Gasteiger charge is -2.17. The fourth-order valence-corrected chi connectivity index (χ4v) is 2.84. The molecule has 1 heterocycles. The van der Waals surface area contributed by atoms with E-state index in [-0.39, 0.29) is 6.10 Å². The maximum Gasteiger partial charge on any atom is 0.337 e. The number of rotatable bonds is 2. The van der Waals surface area contributed by atoms with Crippen molar-refractivity contribution >= 4 is 22.4 Å². The van der Waals surface area contributed by atoms with E-state index >= 15 is 0 Å². The summed E-state index contributed by atoms with van der Waals surface area (Å²) in [5.74, 6) is -0.900. The van der Waals surface area contributed by atoms with Crippen LogP contribution in [-0.4, -0.2) is 26.9 Å². The molecule has 2 N–H and O–H groups in total. The summed E-state index contributed by atoms with van der Waals surface area (Å²) in [4.78, 5) is 11.2. The third-order valence-electron chi connectivity index (χ3n) is 3.98. The Morgan fingerprint density at radius 2 is 2.20 bits per heavy atom. The van der Waals surface area contributed by atoms with Crippen LogP contribution in [0.15, 0.2) is 30.5 Å². The van der Waals surface area contributed by atoms with Crippen LogP contribution >= 0.6 is 0 Å². The first kappa shape index (κ1) is 12.9. The summed E-state index contributed by atoms with van der Waals surface area (Å²) in [7, 11) is 1.86. The Hall–Kier alpha value is -2.07. The van der Waals surface area contributed by atoms with Gasteiger partial charge in [0.25, 0.3) is 0 Å². The highest BCUT2D eigenvalue weighted by molar-refractivity contribution is 6.04. The minimum absolute atomic E-state index is 0.226. The van der Waals surface area contributed by atoms with E-state index in [1.807, 2.05) is 29.8 Å². The maximum absolute atomic E-state index is 11.2. The number of carboxylic acids is 1. The van der Waals surface area contributed by atoms with Crippen LogP contribution in [0.5, 0.6) is 0 Å². The summed E-state index contributed by atoms with van der Waals surface area (Å²) >= 11 is 0. The monoisotopic (exact) mass is 271 g/mol. The zero-order chi connectivity index (χ0) is 14.3. The molecule has 1 aliphatic carbocycles. The number of aryl methyl sites for hydroxylation is 1. The number of hydrogen-bond donors (Lipinski definition) is 2. The quantitative estimate of drug-likeness (QED) is 0.882. The normalized spacial score (nSPS) is 19.1. The molecule has 0 saturated carbocycles. The molecular formula is C16H17NO3. The van der Waals surface area contributed by atoms with Crippen molar-refractivity contribution in [2.45, 2.75) is 25.4 Å². The molecule has 0 radical (unpaired) electrons. The summed E-state index contributed by atoms with van der Waals surface area (Å²) in [6, 6.07) is 5.88. The predicted octanol–water partition coefficient (Wildman–Crippen LogP) is 2.80. The van der Waals surface area contributed by atoms with Crippen LogP contribution in [-0.2, 0) is 7.05 Å². The molecule has 0 bridgehead atoms. The van der Waals surface area contributed by atoms with Gasteiger partial charge in [0.05, 0.1) is 11.7 Å².